The monoisotopic (exact) mass is 465 g/mol. The number of benzene rings is 2. The summed E-state index contributed by atoms with van der Waals surface area (Å²) in [5, 5.41) is 14.2. The fourth-order valence-corrected chi connectivity index (χ4v) is 4.01. The van der Waals surface area contributed by atoms with Crippen molar-refractivity contribution in [1.82, 2.24) is 10.3 Å². The first kappa shape index (κ1) is 22.3. The number of carbonyl (C=O) groups excluding carboxylic acids is 2. The minimum atomic E-state index is -1.37. The van der Waals surface area contributed by atoms with E-state index in [1.807, 2.05) is 48.5 Å². The fourth-order valence-electron chi connectivity index (χ4n) is 3.86. The molecule has 1 unspecified atom stereocenters. The van der Waals surface area contributed by atoms with E-state index in [4.69, 9.17) is 16.3 Å². The Hall–Kier alpha value is -3.91. The van der Waals surface area contributed by atoms with E-state index in [-0.39, 0.29) is 23.2 Å². The summed E-state index contributed by atoms with van der Waals surface area (Å²) in [5.41, 5.74) is 4.45. The third-order valence-electron chi connectivity index (χ3n) is 5.36. The fraction of sp³-hybridized carbons (Fsp3) is 0.167. The molecule has 0 fully saturated rings. The Bertz CT molecular complexity index is 1170. The van der Waals surface area contributed by atoms with Crippen LogP contribution in [0, 0.1) is 0 Å². The normalized spacial score (nSPS) is 12.9. The molecule has 0 aliphatic heterocycles. The first-order valence-electron chi connectivity index (χ1n) is 10.2. The van der Waals surface area contributed by atoms with Gasteiger partial charge in [0.05, 0.1) is 23.3 Å². The molecule has 4 rings (SSSR count). The van der Waals surface area contributed by atoms with Crippen molar-refractivity contribution in [1.29, 1.82) is 0 Å². The minimum absolute atomic E-state index is 0.0374. The molecule has 1 aliphatic carbocycles. The smallest absolute Gasteiger partial charge is 0.407 e. The third-order valence-corrected chi connectivity index (χ3v) is 5.69. The van der Waals surface area contributed by atoms with Gasteiger partial charge in [-0.1, -0.05) is 60.1 Å². The second-order valence-electron chi connectivity index (χ2n) is 7.47. The molecule has 9 heteroatoms. The van der Waals surface area contributed by atoms with Crippen molar-refractivity contribution in [3.8, 4) is 11.1 Å². The summed E-state index contributed by atoms with van der Waals surface area (Å²) in [6.45, 7) is 0.0374. The highest BCUT2D eigenvalue weighted by molar-refractivity contribution is 6.33. The topological polar surface area (TPSA) is 118 Å². The van der Waals surface area contributed by atoms with Crippen molar-refractivity contribution in [2.75, 3.05) is 11.9 Å². The number of carbonyl (C=O) groups is 3. The number of pyridine rings is 1. The lowest BCUT2D eigenvalue weighted by Crippen LogP contribution is -2.45. The van der Waals surface area contributed by atoms with Crippen molar-refractivity contribution in [3.63, 3.8) is 0 Å². The number of amides is 2. The van der Waals surface area contributed by atoms with E-state index in [9.17, 15) is 19.5 Å². The Morgan fingerprint density at radius 3 is 2.27 bits per heavy atom. The number of nitrogens with one attached hydrogen (secondary N) is 2. The van der Waals surface area contributed by atoms with Crippen LogP contribution in [-0.4, -0.2) is 40.7 Å². The van der Waals surface area contributed by atoms with Gasteiger partial charge in [-0.05, 0) is 28.3 Å². The highest BCUT2D eigenvalue weighted by Gasteiger charge is 2.30. The van der Waals surface area contributed by atoms with Crippen LogP contribution in [0.3, 0.4) is 0 Å². The van der Waals surface area contributed by atoms with E-state index in [1.54, 1.807) is 0 Å². The number of alkyl carbamates (subject to hydrolysis) is 1. The van der Waals surface area contributed by atoms with Crippen molar-refractivity contribution in [2.24, 2.45) is 0 Å². The number of aromatic nitrogens is 1. The van der Waals surface area contributed by atoms with E-state index in [1.165, 1.54) is 18.5 Å². The van der Waals surface area contributed by atoms with Crippen LogP contribution in [0.2, 0.25) is 5.02 Å². The maximum absolute atomic E-state index is 12.6. The number of nitrogens with zero attached hydrogens (tertiary/aromatic N) is 1. The highest BCUT2D eigenvalue weighted by atomic mass is 35.5. The van der Waals surface area contributed by atoms with Crippen molar-refractivity contribution < 1.29 is 24.2 Å². The summed E-state index contributed by atoms with van der Waals surface area (Å²) in [6.07, 6.45) is 1.25. The number of halogens is 1. The van der Waals surface area contributed by atoms with Crippen LogP contribution < -0.4 is 10.6 Å². The number of ether oxygens (including phenoxy) is 1. The van der Waals surface area contributed by atoms with Gasteiger partial charge in [-0.15, -0.1) is 0 Å². The number of hydrogen-bond acceptors (Lipinski definition) is 5. The van der Waals surface area contributed by atoms with Crippen LogP contribution in [0.4, 0.5) is 10.5 Å². The highest BCUT2D eigenvalue weighted by Crippen LogP contribution is 2.44. The molecule has 8 nitrogen and oxygen atoms in total. The minimum Gasteiger partial charge on any atom is -0.481 e. The Kier molecular flexibility index (Phi) is 6.55. The van der Waals surface area contributed by atoms with E-state index in [2.05, 4.69) is 15.6 Å². The van der Waals surface area contributed by atoms with Gasteiger partial charge in [0.2, 0.25) is 5.91 Å². The molecule has 2 amide bonds. The molecule has 0 bridgehead atoms. The number of carboxylic acid groups (broad SMARTS) is 1. The van der Waals surface area contributed by atoms with Crippen LogP contribution in [0.25, 0.3) is 11.1 Å². The zero-order valence-electron chi connectivity index (χ0n) is 17.3. The summed E-state index contributed by atoms with van der Waals surface area (Å²) in [5.74, 6) is -2.17. The second kappa shape index (κ2) is 9.70. The third kappa shape index (κ3) is 4.96. The Morgan fingerprint density at radius 1 is 1.03 bits per heavy atom. The molecule has 1 aromatic heterocycles. The van der Waals surface area contributed by atoms with E-state index in [0.29, 0.717) is 0 Å². The van der Waals surface area contributed by atoms with Crippen molar-refractivity contribution >= 4 is 35.3 Å². The molecule has 1 heterocycles. The zero-order chi connectivity index (χ0) is 23.4. The van der Waals surface area contributed by atoms with Crippen LogP contribution in [0.1, 0.15) is 23.5 Å². The maximum Gasteiger partial charge on any atom is 0.407 e. The molecule has 0 saturated heterocycles. The molecular weight excluding hydrogens is 446 g/mol. The van der Waals surface area contributed by atoms with Crippen LogP contribution in [0.5, 0.6) is 0 Å². The number of carboxylic acids is 1. The number of fused-ring (bicyclic) bond motifs is 3. The van der Waals surface area contributed by atoms with Gasteiger partial charge in [-0.25, -0.2) is 4.79 Å². The molecule has 1 atom stereocenters. The molecule has 3 aromatic rings. The number of rotatable bonds is 7. The Morgan fingerprint density at radius 2 is 1.67 bits per heavy atom. The van der Waals surface area contributed by atoms with Gasteiger partial charge in [-0.3, -0.25) is 14.6 Å². The molecule has 0 spiro atoms. The molecule has 168 valence electrons. The van der Waals surface area contributed by atoms with Crippen molar-refractivity contribution in [3.05, 3.63) is 83.1 Å². The van der Waals surface area contributed by atoms with Gasteiger partial charge >= 0.3 is 12.1 Å². The lowest BCUT2D eigenvalue weighted by molar-refractivity contribution is -0.139. The van der Waals surface area contributed by atoms with Crippen molar-refractivity contribution in [2.45, 2.75) is 18.4 Å². The summed E-state index contributed by atoms with van der Waals surface area (Å²) in [6, 6.07) is 15.9. The van der Waals surface area contributed by atoms with Gasteiger partial charge in [-0.2, -0.15) is 0 Å². The largest absolute Gasteiger partial charge is 0.481 e. The van der Waals surface area contributed by atoms with Gasteiger partial charge < -0.3 is 20.5 Å². The molecular formula is C24H20ClN3O5. The summed E-state index contributed by atoms with van der Waals surface area (Å²) >= 11 is 6.01. The lowest BCUT2D eigenvalue weighted by atomic mass is 9.98. The molecule has 3 N–H and O–H groups in total. The quantitative estimate of drug-likeness (QED) is 0.484. The first-order valence-corrected chi connectivity index (χ1v) is 10.6. The average molecular weight is 466 g/mol. The van der Waals surface area contributed by atoms with Gasteiger partial charge in [0.15, 0.2) is 0 Å². The number of aliphatic carboxylic acids is 1. The predicted molar refractivity (Wildman–Crippen MR) is 122 cm³/mol. The van der Waals surface area contributed by atoms with Gasteiger partial charge in [0, 0.05) is 12.1 Å². The molecule has 0 radical (unpaired) electrons. The second-order valence-corrected chi connectivity index (χ2v) is 7.87. The van der Waals surface area contributed by atoms with Crippen LogP contribution in [-0.2, 0) is 14.3 Å². The van der Waals surface area contributed by atoms with E-state index >= 15 is 0 Å². The maximum atomic E-state index is 12.6. The SMILES string of the molecule is O=C(O)CC(NC(=O)OCC1c2ccccc2-c2ccccc21)C(=O)Nc1cnccc1Cl. The zero-order valence-corrected chi connectivity index (χ0v) is 18.1. The van der Waals surface area contributed by atoms with E-state index in [0.717, 1.165) is 22.3 Å². The van der Waals surface area contributed by atoms with Crippen LogP contribution >= 0.6 is 11.6 Å². The molecule has 0 saturated carbocycles. The first-order chi connectivity index (χ1) is 15.9. The Labute approximate surface area is 194 Å². The number of anilines is 1. The van der Waals surface area contributed by atoms with Gasteiger partial charge in [0.25, 0.3) is 0 Å². The average Bonchev–Trinajstić information content (AvgIpc) is 3.12. The standard InChI is InChI=1S/C24H20ClN3O5/c25-19-9-10-26-12-21(19)27-23(31)20(11-22(29)30)28-24(32)33-13-18-16-7-3-1-5-14(16)15-6-2-4-8-17(15)18/h1-10,12,18,20H,11,13H2,(H,27,31)(H,28,32)(H,29,30). The molecule has 1 aliphatic rings. The summed E-state index contributed by atoms with van der Waals surface area (Å²) in [7, 11) is 0. The predicted octanol–water partition coefficient (Wildman–Crippen LogP) is 4.06. The van der Waals surface area contributed by atoms with Gasteiger partial charge in [0.1, 0.15) is 12.6 Å². The summed E-state index contributed by atoms with van der Waals surface area (Å²) < 4.78 is 5.41. The summed E-state index contributed by atoms with van der Waals surface area (Å²) in [4.78, 5) is 40.2. The van der Waals surface area contributed by atoms with Crippen LogP contribution in [0.15, 0.2) is 67.0 Å². The molecule has 2 aromatic carbocycles. The Balaban J connectivity index is 1.43. The molecule has 33 heavy (non-hydrogen) atoms. The van der Waals surface area contributed by atoms with E-state index < -0.39 is 30.4 Å². The number of hydrogen-bond donors (Lipinski definition) is 3. The lowest BCUT2D eigenvalue weighted by Gasteiger charge is -2.19.